The summed E-state index contributed by atoms with van der Waals surface area (Å²) < 4.78 is 18.2. The van der Waals surface area contributed by atoms with Crippen molar-refractivity contribution in [2.75, 3.05) is 7.11 Å². The van der Waals surface area contributed by atoms with Crippen LogP contribution in [-0.2, 0) is 6.61 Å². The number of ether oxygens (including phenoxy) is 3. The monoisotopic (exact) mass is 412 g/mol. The number of halogens is 1. The van der Waals surface area contributed by atoms with Crippen LogP contribution in [0.2, 0.25) is 0 Å². The van der Waals surface area contributed by atoms with Gasteiger partial charge in [0.2, 0.25) is 0 Å². The highest BCUT2D eigenvalue weighted by molar-refractivity contribution is 9.10. The molecule has 0 radical (unpaired) electrons. The van der Waals surface area contributed by atoms with Gasteiger partial charge in [-0.25, -0.2) is 0 Å². The van der Waals surface area contributed by atoms with Gasteiger partial charge in [0.1, 0.15) is 29.6 Å². The maximum absolute atomic E-state index is 6.07. The van der Waals surface area contributed by atoms with Crippen LogP contribution in [0.1, 0.15) is 16.7 Å². The van der Waals surface area contributed by atoms with Crippen LogP contribution >= 0.6 is 15.9 Å². The van der Waals surface area contributed by atoms with Gasteiger partial charge in [-0.2, -0.15) is 0 Å². The highest BCUT2D eigenvalue weighted by atomic mass is 79.9. The minimum Gasteiger partial charge on any atom is -0.497 e. The van der Waals surface area contributed by atoms with E-state index in [9.17, 15) is 0 Å². The van der Waals surface area contributed by atoms with E-state index in [1.165, 1.54) is 0 Å². The Hall–Kier alpha value is -2.46. The molecule has 0 bridgehead atoms. The first kappa shape index (κ1) is 18.3. The van der Waals surface area contributed by atoms with Crippen molar-refractivity contribution in [2.45, 2.75) is 20.5 Å². The molecule has 4 heteroatoms. The van der Waals surface area contributed by atoms with E-state index in [2.05, 4.69) is 41.9 Å². The van der Waals surface area contributed by atoms with Crippen LogP contribution in [0.15, 0.2) is 65.1 Å². The Morgan fingerprint density at radius 3 is 2.08 bits per heavy atom. The molecule has 0 atom stereocenters. The van der Waals surface area contributed by atoms with Gasteiger partial charge in [-0.1, -0.05) is 34.1 Å². The van der Waals surface area contributed by atoms with Gasteiger partial charge >= 0.3 is 0 Å². The fourth-order valence-corrected chi connectivity index (χ4v) is 3.04. The van der Waals surface area contributed by atoms with Gasteiger partial charge in [-0.05, 0) is 67.4 Å². The largest absolute Gasteiger partial charge is 0.497 e. The number of para-hydroxylation sites is 1. The second-order valence-corrected chi connectivity index (χ2v) is 6.89. The van der Waals surface area contributed by atoms with E-state index in [1.807, 2.05) is 48.5 Å². The Bertz CT molecular complexity index is 868. The van der Waals surface area contributed by atoms with Crippen LogP contribution in [0.5, 0.6) is 23.0 Å². The third kappa shape index (κ3) is 4.38. The topological polar surface area (TPSA) is 27.7 Å². The molecule has 0 spiro atoms. The molecule has 0 aliphatic rings. The maximum Gasteiger partial charge on any atom is 0.127 e. The molecule has 134 valence electrons. The summed E-state index contributed by atoms with van der Waals surface area (Å²) in [5.74, 6) is 3.25. The summed E-state index contributed by atoms with van der Waals surface area (Å²) in [5.41, 5.74) is 3.29. The minimum absolute atomic E-state index is 0.464. The van der Waals surface area contributed by atoms with Crippen LogP contribution < -0.4 is 14.2 Å². The second kappa shape index (κ2) is 8.28. The van der Waals surface area contributed by atoms with E-state index in [1.54, 1.807) is 7.11 Å². The summed E-state index contributed by atoms with van der Waals surface area (Å²) in [6, 6.07) is 19.6. The molecule has 0 aromatic heterocycles. The number of benzene rings is 3. The third-order valence-corrected chi connectivity index (χ3v) is 4.87. The van der Waals surface area contributed by atoms with Crippen LogP contribution in [0.4, 0.5) is 0 Å². The summed E-state index contributed by atoms with van der Waals surface area (Å²) in [5, 5.41) is 0. The number of hydrogen-bond acceptors (Lipinski definition) is 3. The molecule has 0 N–H and O–H groups in total. The predicted octanol–water partition coefficient (Wildman–Crippen LogP) is 6.45. The van der Waals surface area contributed by atoms with Crippen molar-refractivity contribution in [2.24, 2.45) is 0 Å². The molecule has 3 nitrogen and oxygen atoms in total. The van der Waals surface area contributed by atoms with Gasteiger partial charge in [0.15, 0.2) is 0 Å². The molecule has 3 rings (SSSR count). The zero-order valence-corrected chi connectivity index (χ0v) is 16.7. The molecule has 0 unspecified atom stereocenters. The summed E-state index contributed by atoms with van der Waals surface area (Å²) in [7, 11) is 1.65. The lowest BCUT2D eigenvalue weighted by Crippen LogP contribution is -2.00. The lowest BCUT2D eigenvalue weighted by molar-refractivity contribution is 0.300. The zero-order chi connectivity index (χ0) is 18.5. The van der Waals surface area contributed by atoms with Gasteiger partial charge < -0.3 is 14.2 Å². The number of rotatable bonds is 6. The van der Waals surface area contributed by atoms with Crippen molar-refractivity contribution < 1.29 is 14.2 Å². The zero-order valence-electron chi connectivity index (χ0n) is 15.1. The molecule has 0 amide bonds. The first-order valence-corrected chi connectivity index (χ1v) is 9.15. The van der Waals surface area contributed by atoms with Crippen molar-refractivity contribution in [3.8, 4) is 23.0 Å². The highest BCUT2D eigenvalue weighted by Crippen LogP contribution is 2.30. The Morgan fingerprint density at radius 1 is 0.808 bits per heavy atom. The smallest absolute Gasteiger partial charge is 0.127 e. The van der Waals surface area contributed by atoms with Crippen molar-refractivity contribution in [1.29, 1.82) is 0 Å². The molecule has 3 aromatic carbocycles. The molecular formula is C22H21BrO3. The normalized spacial score (nSPS) is 10.5. The lowest BCUT2D eigenvalue weighted by atomic mass is 10.1. The Morgan fingerprint density at radius 2 is 1.42 bits per heavy atom. The minimum atomic E-state index is 0.464. The van der Waals surface area contributed by atoms with Gasteiger partial charge in [-0.3, -0.25) is 0 Å². The molecule has 0 aliphatic heterocycles. The van der Waals surface area contributed by atoms with Gasteiger partial charge in [0.25, 0.3) is 0 Å². The summed E-state index contributed by atoms with van der Waals surface area (Å²) in [6.07, 6.45) is 0. The van der Waals surface area contributed by atoms with Crippen molar-refractivity contribution >= 4 is 15.9 Å². The molecule has 0 saturated carbocycles. The van der Waals surface area contributed by atoms with Crippen LogP contribution in [0.25, 0.3) is 0 Å². The number of hydrogen-bond donors (Lipinski definition) is 0. The lowest BCUT2D eigenvalue weighted by Gasteiger charge is -2.14. The van der Waals surface area contributed by atoms with Crippen molar-refractivity contribution in [1.82, 2.24) is 0 Å². The van der Waals surface area contributed by atoms with Crippen molar-refractivity contribution in [3.63, 3.8) is 0 Å². The van der Waals surface area contributed by atoms with E-state index in [0.717, 1.165) is 44.2 Å². The average molecular weight is 413 g/mol. The van der Waals surface area contributed by atoms with Crippen LogP contribution in [-0.4, -0.2) is 7.11 Å². The molecule has 0 heterocycles. The Labute approximate surface area is 162 Å². The molecular weight excluding hydrogens is 392 g/mol. The molecule has 3 aromatic rings. The first-order valence-electron chi connectivity index (χ1n) is 8.36. The van der Waals surface area contributed by atoms with Gasteiger partial charge in [0, 0.05) is 10.0 Å². The first-order chi connectivity index (χ1) is 12.6. The number of aryl methyl sites for hydroxylation is 2. The fraction of sp³-hybridized carbons (Fsp3) is 0.182. The standard InChI is InChI=1S/C22H21BrO3/c1-15-5-4-6-16(2)22(15)25-14-17-13-20(11-12-21(17)23)26-19-9-7-18(24-3)8-10-19/h4-13H,14H2,1-3H3. The molecule has 26 heavy (non-hydrogen) atoms. The van der Waals surface area contributed by atoms with E-state index in [-0.39, 0.29) is 0 Å². The molecule has 0 saturated heterocycles. The van der Waals surface area contributed by atoms with Crippen molar-refractivity contribution in [3.05, 3.63) is 81.8 Å². The second-order valence-electron chi connectivity index (χ2n) is 6.04. The van der Waals surface area contributed by atoms with Gasteiger partial charge in [-0.15, -0.1) is 0 Å². The predicted molar refractivity (Wildman–Crippen MR) is 107 cm³/mol. The fourth-order valence-electron chi connectivity index (χ4n) is 2.68. The van der Waals surface area contributed by atoms with Crippen LogP contribution in [0.3, 0.4) is 0 Å². The SMILES string of the molecule is COc1ccc(Oc2ccc(Br)c(COc3c(C)cccc3C)c2)cc1. The van der Waals surface area contributed by atoms with Crippen LogP contribution in [0, 0.1) is 13.8 Å². The van der Waals surface area contributed by atoms with Gasteiger partial charge in [0.05, 0.1) is 7.11 Å². The summed E-state index contributed by atoms with van der Waals surface area (Å²) in [6.45, 7) is 4.58. The summed E-state index contributed by atoms with van der Waals surface area (Å²) in [4.78, 5) is 0. The quantitative estimate of drug-likeness (QED) is 0.465. The van der Waals surface area contributed by atoms with E-state index in [0.29, 0.717) is 6.61 Å². The Kier molecular flexibility index (Phi) is 5.84. The highest BCUT2D eigenvalue weighted by Gasteiger charge is 2.08. The molecule has 0 aliphatic carbocycles. The number of methoxy groups -OCH3 is 1. The average Bonchev–Trinajstić information content (AvgIpc) is 2.64. The molecule has 0 fully saturated rings. The summed E-state index contributed by atoms with van der Waals surface area (Å²) >= 11 is 3.59. The van der Waals surface area contributed by atoms with E-state index < -0.39 is 0 Å². The third-order valence-electron chi connectivity index (χ3n) is 4.09. The maximum atomic E-state index is 6.07. The Balaban J connectivity index is 1.74. The van der Waals surface area contributed by atoms with E-state index in [4.69, 9.17) is 14.2 Å². The van der Waals surface area contributed by atoms with E-state index >= 15 is 0 Å².